The topological polar surface area (TPSA) is 93.1 Å². The van der Waals surface area contributed by atoms with E-state index in [1.807, 2.05) is 19.1 Å². The Kier molecular flexibility index (Phi) is 5.19. The number of nitrogens with one attached hydrogen (secondary N) is 2. The van der Waals surface area contributed by atoms with Gasteiger partial charge in [0.2, 0.25) is 5.43 Å². The number of rotatable bonds is 4. The van der Waals surface area contributed by atoms with Crippen LogP contribution in [-0.4, -0.2) is 28.6 Å². The van der Waals surface area contributed by atoms with Crippen molar-refractivity contribution in [2.24, 2.45) is 0 Å². The first-order valence-electron chi connectivity index (χ1n) is 9.73. The average Bonchev–Trinajstić information content (AvgIpc) is 3.11. The van der Waals surface area contributed by atoms with E-state index in [0.717, 1.165) is 36.1 Å². The minimum atomic E-state index is -0.591. The largest absolute Gasteiger partial charge is 0.355 e. The van der Waals surface area contributed by atoms with Gasteiger partial charge < -0.3 is 10.6 Å². The van der Waals surface area contributed by atoms with Gasteiger partial charge in [0.15, 0.2) is 5.69 Å². The molecule has 7 nitrogen and oxygen atoms in total. The second kappa shape index (κ2) is 7.79. The van der Waals surface area contributed by atoms with Crippen molar-refractivity contribution in [1.29, 1.82) is 0 Å². The first kappa shape index (κ1) is 19.3. The molecule has 1 aromatic carbocycles. The molecule has 150 valence electrons. The van der Waals surface area contributed by atoms with E-state index in [0.29, 0.717) is 28.0 Å². The minimum absolute atomic E-state index is 0.167. The van der Waals surface area contributed by atoms with Crippen molar-refractivity contribution in [3.8, 4) is 0 Å². The quantitative estimate of drug-likeness (QED) is 0.692. The molecule has 2 aromatic heterocycles. The first-order chi connectivity index (χ1) is 14.0. The first-order valence-corrected chi connectivity index (χ1v) is 10.5. The van der Waals surface area contributed by atoms with E-state index < -0.39 is 11.3 Å². The molecule has 2 N–H and O–H groups in total. The monoisotopic (exact) mass is 410 g/mol. The van der Waals surface area contributed by atoms with Crippen molar-refractivity contribution < 1.29 is 9.59 Å². The summed E-state index contributed by atoms with van der Waals surface area (Å²) >= 11 is 1.42. The third-order valence-electron chi connectivity index (χ3n) is 5.23. The highest BCUT2D eigenvalue weighted by Gasteiger charge is 2.27. The van der Waals surface area contributed by atoms with Gasteiger partial charge in [-0.2, -0.15) is 5.10 Å². The number of carbonyl (C=O) groups excluding carboxylic acids is 2. The number of amides is 2. The van der Waals surface area contributed by atoms with Crippen LogP contribution in [0.3, 0.4) is 0 Å². The number of benzene rings is 1. The lowest BCUT2D eigenvalue weighted by molar-refractivity contribution is 0.0963. The molecule has 3 aromatic rings. The van der Waals surface area contributed by atoms with Crippen LogP contribution < -0.4 is 16.1 Å². The van der Waals surface area contributed by atoms with E-state index in [9.17, 15) is 14.4 Å². The van der Waals surface area contributed by atoms with Crippen LogP contribution in [0.25, 0.3) is 10.9 Å². The molecule has 0 fully saturated rings. The summed E-state index contributed by atoms with van der Waals surface area (Å²) in [5.74, 6) is -0.816. The van der Waals surface area contributed by atoms with E-state index in [1.54, 1.807) is 23.9 Å². The normalized spacial score (nSPS) is 13.2. The Balaban J connectivity index is 1.78. The van der Waals surface area contributed by atoms with Crippen molar-refractivity contribution >= 4 is 39.1 Å². The van der Waals surface area contributed by atoms with Gasteiger partial charge in [-0.25, -0.2) is 0 Å². The van der Waals surface area contributed by atoms with Gasteiger partial charge in [-0.15, -0.1) is 11.3 Å². The molecule has 0 aliphatic heterocycles. The molecule has 0 saturated carbocycles. The van der Waals surface area contributed by atoms with Gasteiger partial charge in [0.05, 0.1) is 11.1 Å². The van der Waals surface area contributed by atoms with Crippen molar-refractivity contribution in [2.75, 3.05) is 12.4 Å². The van der Waals surface area contributed by atoms with E-state index in [-0.39, 0.29) is 11.6 Å². The number of para-hydroxylation sites is 1. The number of aromatic nitrogens is 2. The Labute approximate surface area is 171 Å². The smallest absolute Gasteiger partial charge is 0.280 e. The lowest BCUT2D eigenvalue weighted by atomic mass is 9.95. The van der Waals surface area contributed by atoms with E-state index in [1.165, 1.54) is 11.3 Å². The number of nitrogens with zero attached hydrogens (tertiary/aromatic N) is 2. The zero-order chi connectivity index (χ0) is 20.5. The number of anilines is 1. The van der Waals surface area contributed by atoms with Crippen LogP contribution in [-0.2, 0) is 19.4 Å². The van der Waals surface area contributed by atoms with Crippen LogP contribution in [0.5, 0.6) is 0 Å². The molecule has 29 heavy (non-hydrogen) atoms. The Morgan fingerprint density at radius 2 is 1.93 bits per heavy atom. The van der Waals surface area contributed by atoms with Crippen LogP contribution in [0.2, 0.25) is 0 Å². The highest BCUT2D eigenvalue weighted by atomic mass is 32.1. The summed E-state index contributed by atoms with van der Waals surface area (Å²) in [5.41, 5.74) is 1.63. The summed E-state index contributed by atoms with van der Waals surface area (Å²) in [6.07, 6.45) is 3.81. The van der Waals surface area contributed by atoms with Crippen LogP contribution in [0.15, 0.2) is 29.1 Å². The molecule has 1 aliphatic rings. The minimum Gasteiger partial charge on any atom is -0.355 e. The summed E-state index contributed by atoms with van der Waals surface area (Å²) in [6.45, 7) is 2.43. The van der Waals surface area contributed by atoms with Gasteiger partial charge in [-0.05, 0) is 50.3 Å². The maximum Gasteiger partial charge on any atom is 0.280 e. The van der Waals surface area contributed by atoms with E-state index in [4.69, 9.17) is 0 Å². The van der Waals surface area contributed by atoms with Crippen molar-refractivity contribution in [3.05, 3.63) is 56.2 Å². The predicted octanol–water partition coefficient (Wildman–Crippen LogP) is 2.97. The highest BCUT2D eigenvalue weighted by molar-refractivity contribution is 7.17. The number of carbonyl (C=O) groups is 2. The summed E-state index contributed by atoms with van der Waals surface area (Å²) in [4.78, 5) is 39.5. The van der Waals surface area contributed by atoms with Crippen molar-refractivity contribution in [3.63, 3.8) is 0 Å². The average molecular weight is 410 g/mol. The second-order valence-electron chi connectivity index (χ2n) is 6.96. The molecule has 0 radical (unpaired) electrons. The maximum atomic E-state index is 13.0. The highest BCUT2D eigenvalue weighted by Crippen LogP contribution is 2.38. The predicted molar refractivity (Wildman–Crippen MR) is 114 cm³/mol. The third kappa shape index (κ3) is 3.33. The number of hydrogen-bond acceptors (Lipinski definition) is 5. The number of aryl methyl sites for hydroxylation is 2. The molecule has 0 saturated heterocycles. The summed E-state index contributed by atoms with van der Waals surface area (Å²) in [6, 6.07) is 7.11. The molecule has 0 unspecified atom stereocenters. The van der Waals surface area contributed by atoms with Gasteiger partial charge >= 0.3 is 0 Å². The maximum absolute atomic E-state index is 13.0. The van der Waals surface area contributed by atoms with E-state index in [2.05, 4.69) is 15.7 Å². The summed E-state index contributed by atoms with van der Waals surface area (Å²) in [7, 11) is 1.58. The standard InChI is InChI=1S/C21H22N4O3S/c1-3-25-14-10-6-4-8-12(14)18(26)17(24-25)20(28)23-21-16(19(27)22-2)13-9-5-7-11-15(13)29-21/h4,6,8,10H,3,5,7,9,11H2,1-2H3,(H,22,27)(H,23,28). The Morgan fingerprint density at radius 3 is 2.69 bits per heavy atom. The molecule has 2 amide bonds. The SMILES string of the molecule is CCn1nc(C(=O)Nc2sc3c(c2C(=O)NC)CCCC3)c(=O)c2ccccc21. The van der Waals surface area contributed by atoms with Gasteiger partial charge in [0, 0.05) is 23.9 Å². The zero-order valence-electron chi connectivity index (χ0n) is 16.4. The molecule has 0 atom stereocenters. The molecule has 8 heteroatoms. The Morgan fingerprint density at radius 1 is 1.17 bits per heavy atom. The molecule has 0 spiro atoms. The van der Waals surface area contributed by atoms with Gasteiger partial charge in [-0.3, -0.25) is 19.1 Å². The molecular weight excluding hydrogens is 388 g/mol. The van der Waals surface area contributed by atoms with Gasteiger partial charge in [-0.1, -0.05) is 12.1 Å². The molecule has 2 heterocycles. The van der Waals surface area contributed by atoms with Crippen molar-refractivity contribution in [1.82, 2.24) is 15.1 Å². The lowest BCUT2D eigenvalue weighted by Gasteiger charge is -2.12. The fraction of sp³-hybridized carbons (Fsp3) is 0.333. The Hall–Kier alpha value is -3.00. The van der Waals surface area contributed by atoms with Crippen LogP contribution in [0, 0.1) is 0 Å². The lowest BCUT2D eigenvalue weighted by Crippen LogP contribution is -2.28. The third-order valence-corrected chi connectivity index (χ3v) is 6.44. The molecule has 4 rings (SSSR count). The molecule has 1 aliphatic carbocycles. The second-order valence-corrected chi connectivity index (χ2v) is 8.06. The zero-order valence-corrected chi connectivity index (χ0v) is 17.2. The fourth-order valence-corrected chi connectivity index (χ4v) is 5.09. The van der Waals surface area contributed by atoms with E-state index >= 15 is 0 Å². The number of fused-ring (bicyclic) bond motifs is 2. The Bertz CT molecular complexity index is 1180. The number of hydrogen-bond donors (Lipinski definition) is 2. The summed E-state index contributed by atoms with van der Waals surface area (Å²) < 4.78 is 1.64. The fourth-order valence-electron chi connectivity index (χ4n) is 3.81. The van der Waals surface area contributed by atoms with Crippen LogP contribution in [0.4, 0.5) is 5.00 Å². The summed E-state index contributed by atoms with van der Waals surface area (Å²) in [5, 5.41) is 10.7. The van der Waals surface area contributed by atoms with Crippen LogP contribution in [0.1, 0.15) is 51.1 Å². The van der Waals surface area contributed by atoms with Crippen molar-refractivity contribution in [2.45, 2.75) is 39.2 Å². The van der Waals surface area contributed by atoms with Gasteiger partial charge in [0.25, 0.3) is 11.8 Å². The van der Waals surface area contributed by atoms with Gasteiger partial charge in [0.1, 0.15) is 5.00 Å². The molecular formula is C21H22N4O3S. The molecule has 0 bridgehead atoms. The number of thiophene rings is 1. The van der Waals surface area contributed by atoms with Crippen LogP contribution >= 0.6 is 11.3 Å².